The average molecular weight is 235 g/mol. The molecule has 1 fully saturated rings. The van der Waals surface area contributed by atoms with E-state index in [9.17, 15) is 0 Å². The van der Waals surface area contributed by atoms with Crippen LogP contribution >= 0.6 is 0 Å². The molecule has 1 atom stereocenters. The largest absolute Gasteiger partial charge is 0.496 e. The minimum Gasteiger partial charge on any atom is -0.496 e. The van der Waals surface area contributed by atoms with E-state index in [-0.39, 0.29) is 0 Å². The van der Waals surface area contributed by atoms with E-state index in [4.69, 9.17) is 15.2 Å². The lowest BCUT2D eigenvalue weighted by Gasteiger charge is -2.13. The van der Waals surface area contributed by atoms with Gasteiger partial charge in [-0.25, -0.2) is 0 Å². The number of aryl methyl sites for hydroxylation is 1. The Balaban J connectivity index is 2.17. The van der Waals surface area contributed by atoms with Gasteiger partial charge in [0.25, 0.3) is 0 Å². The Bertz CT molecular complexity index is 359. The fourth-order valence-corrected chi connectivity index (χ4v) is 2.34. The number of nitrogens with two attached hydrogens (primary N) is 1. The summed E-state index contributed by atoms with van der Waals surface area (Å²) in [6.45, 7) is 2.46. The number of hydrogen-bond acceptors (Lipinski definition) is 3. The lowest BCUT2D eigenvalue weighted by Crippen LogP contribution is -2.04. The van der Waals surface area contributed by atoms with Crippen molar-refractivity contribution in [1.82, 2.24) is 0 Å². The van der Waals surface area contributed by atoms with Crippen LogP contribution in [0.25, 0.3) is 0 Å². The summed E-state index contributed by atoms with van der Waals surface area (Å²) < 4.78 is 10.8. The molecular weight excluding hydrogens is 214 g/mol. The Morgan fingerprint density at radius 2 is 2.35 bits per heavy atom. The Labute approximate surface area is 103 Å². The summed E-state index contributed by atoms with van der Waals surface area (Å²) in [7, 11) is 1.72. The molecule has 0 spiro atoms. The molecule has 1 heterocycles. The molecule has 0 saturated carbocycles. The molecule has 3 heteroatoms. The van der Waals surface area contributed by atoms with E-state index in [0.717, 1.165) is 44.8 Å². The Kier molecular flexibility index (Phi) is 4.40. The lowest BCUT2D eigenvalue weighted by atomic mass is 9.95. The average Bonchev–Trinajstić information content (AvgIpc) is 2.89. The SMILES string of the molecule is COc1ccc(C2CCOC2)cc1CCCN. The van der Waals surface area contributed by atoms with Crippen LogP contribution in [0.3, 0.4) is 0 Å². The van der Waals surface area contributed by atoms with Crippen LogP contribution in [-0.2, 0) is 11.2 Å². The van der Waals surface area contributed by atoms with Crippen molar-refractivity contribution in [2.24, 2.45) is 5.73 Å². The molecule has 1 saturated heterocycles. The van der Waals surface area contributed by atoms with Gasteiger partial charge in [0, 0.05) is 12.5 Å². The molecule has 0 aliphatic carbocycles. The van der Waals surface area contributed by atoms with Crippen molar-refractivity contribution in [1.29, 1.82) is 0 Å². The third-order valence-corrected chi connectivity index (χ3v) is 3.36. The predicted molar refractivity (Wildman–Crippen MR) is 68.5 cm³/mol. The van der Waals surface area contributed by atoms with Crippen LogP contribution in [-0.4, -0.2) is 26.9 Å². The summed E-state index contributed by atoms with van der Waals surface area (Å²) >= 11 is 0. The highest BCUT2D eigenvalue weighted by Crippen LogP contribution is 2.29. The first-order valence-corrected chi connectivity index (χ1v) is 6.29. The predicted octanol–water partition coefficient (Wildman–Crippen LogP) is 2.09. The Hall–Kier alpha value is -1.06. The van der Waals surface area contributed by atoms with Crippen molar-refractivity contribution in [3.8, 4) is 5.75 Å². The third-order valence-electron chi connectivity index (χ3n) is 3.36. The van der Waals surface area contributed by atoms with Gasteiger partial charge in [0.1, 0.15) is 5.75 Å². The van der Waals surface area contributed by atoms with Crippen LogP contribution in [0.4, 0.5) is 0 Å². The maximum Gasteiger partial charge on any atom is 0.122 e. The van der Waals surface area contributed by atoms with Gasteiger partial charge in [0.05, 0.1) is 13.7 Å². The first kappa shape index (κ1) is 12.4. The Morgan fingerprint density at radius 1 is 1.47 bits per heavy atom. The molecule has 94 valence electrons. The van der Waals surface area contributed by atoms with Gasteiger partial charge < -0.3 is 15.2 Å². The van der Waals surface area contributed by atoms with E-state index in [2.05, 4.69) is 18.2 Å². The summed E-state index contributed by atoms with van der Waals surface area (Å²) in [6.07, 6.45) is 3.12. The van der Waals surface area contributed by atoms with Gasteiger partial charge in [-0.2, -0.15) is 0 Å². The van der Waals surface area contributed by atoms with E-state index in [1.165, 1.54) is 11.1 Å². The van der Waals surface area contributed by atoms with Crippen LogP contribution in [0, 0.1) is 0 Å². The molecule has 0 bridgehead atoms. The van der Waals surface area contributed by atoms with Gasteiger partial charge in [0.2, 0.25) is 0 Å². The van der Waals surface area contributed by atoms with Crippen LogP contribution in [0.1, 0.15) is 29.9 Å². The second-order valence-electron chi connectivity index (χ2n) is 4.52. The number of hydrogen-bond donors (Lipinski definition) is 1. The fourth-order valence-electron chi connectivity index (χ4n) is 2.34. The van der Waals surface area contributed by atoms with E-state index in [1.807, 2.05) is 0 Å². The topological polar surface area (TPSA) is 44.5 Å². The quantitative estimate of drug-likeness (QED) is 0.850. The van der Waals surface area contributed by atoms with Crippen molar-refractivity contribution in [2.75, 3.05) is 26.9 Å². The number of ether oxygens (including phenoxy) is 2. The highest BCUT2D eigenvalue weighted by Gasteiger charge is 2.18. The van der Waals surface area contributed by atoms with Gasteiger partial charge >= 0.3 is 0 Å². The minimum absolute atomic E-state index is 0.553. The van der Waals surface area contributed by atoms with Gasteiger partial charge in [-0.15, -0.1) is 0 Å². The van der Waals surface area contributed by atoms with Crippen LogP contribution in [0.15, 0.2) is 18.2 Å². The summed E-state index contributed by atoms with van der Waals surface area (Å²) in [5.41, 5.74) is 8.20. The summed E-state index contributed by atoms with van der Waals surface area (Å²) in [5.74, 6) is 1.53. The molecule has 0 amide bonds. The van der Waals surface area contributed by atoms with E-state index < -0.39 is 0 Å². The van der Waals surface area contributed by atoms with E-state index >= 15 is 0 Å². The molecule has 1 aliphatic heterocycles. The zero-order valence-corrected chi connectivity index (χ0v) is 10.4. The first-order valence-electron chi connectivity index (χ1n) is 6.29. The highest BCUT2D eigenvalue weighted by molar-refractivity contribution is 5.39. The molecule has 1 unspecified atom stereocenters. The first-order chi connectivity index (χ1) is 8.35. The molecule has 1 aromatic rings. The van der Waals surface area contributed by atoms with Gasteiger partial charge in [-0.05, 0) is 43.0 Å². The van der Waals surface area contributed by atoms with Crippen molar-refractivity contribution in [3.05, 3.63) is 29.3 Å². The van der Waals surface area contributed by atoms with Crippen LogP contribution < -0.4 is 10.5 Å². The van der Waals surface area contributed by atoms with Crippen molar-refractivity contribution < 1.29 is 9.47 Å². The number of benzene rings is 1. The molecule has 2 rings (SSSR count). The molecule has 17 heavy (non-hydrogen) atoms. The van der Waals surface area contributed by atoms with Crippen molar-refractivity contribution in [3.63, 3.8) is 0 Å². The molecule has 3 nitrogen and oxygen atoms in total. The Morgan fingerprint density at radius 3 is 3.00 bits per heavy atom. The van der Waals surface area contributed by atoms with Crippen LogP contribution in [0.2, 0.25) is 0 Å². The summed E-state index contributed by atoms with van der Waals surface area (Å²) in [4.78, 5) is 0. The molecular formula is C14H21NO2. The van der Waals surface area contributed by atoms with Crippen molar-refractivity contribution in [2.45, 2.75) is 25.2 Å². The molecule has 0 aromatic heterocycles. The standard InChI is InChI=1S/C14H21NO2/c1-16-14-5-4-11(13-6-8-17-10-13)9-12(14)3-2-7-15/h4-5,9,13H,2-3,6-8,10,15H2,1H3. The molecule has 0 radical (unpaired) electrons. The third kappa shape index (κ3) is 2.99. The van der Waals surface area contributed by atoms with E-state index in [0.29, 0.717) is 5.92 Å². The van der Waals surface area contributed by atoms with E-state index in [1.54, 1.807) is 7.11 Å². The zero-order valence-electron chi connectivity index (χ0n) is 10.4. The maximum absolute atomic E-state index is 5.57. The smallest absolute Gasteiger partial charge is 0.122 e. The lowest BCUT2D eigenvalue weighted by molar-refractivity contribution is 0.194. The van der Waals surface area contributed by atoms with Gasteiger partial charge in [0.15, 0.2) is 0 Å². The maximum atomic E-state index is 5.57. The highest BCUT2D eigenvalue weighted by atomic mass is 16.5. The number of rotatable bonds is 5. The monoisotopic (exact) mass is 235 g/mol. The number of methoxy groups -OCH3 is 1. The zero-order chi connectivity index (χ0) is 12.1. The van der Waals surface area contributed by atoms with Gasteiger partial charge in [-0.1, -0.05) is 12.1 Å². The minimum atomic E-state index is 0.553. The molecule has 2 N–H and O–H groups in total. The van der Waals surface area contributed by atoms with Gasteiger partial charge in [-0.3, -0.25) is 0 Å². The normalized spacial score (nSPS) is 19.5. The second-order valence-corrected chi connectivity index (χ2v) is 4.52. The summed E-state index contributed by atoms with van der Waals surface area (Å²) in [5, 5.41) is 0. The fraction of sp³-hybridized carbons (Fsp3) is 0.571. The molecule has 1 aromatic carbocycles. The van der Waals surface area contributed by atoms with Crippen LogP contribution in [0.5, 0.6) is 5.75 Å². The van der Waals surface area contributed by atoms with Crippen molar-refractivity contribution >= 4 is 0 Å². The molecule has 1 aliphatic rings. The summed E-state index contributed by atoms with van der Waals surface area (Å²) in [6, 6.07) is 6.48. The second kappa shape index (κ2) is 6.03.